The minimum atomic E-state index is -0.452. The maximum Gasteiger partial charge on any atom is 0.350 e. The number of hydrogen-bond donors (Lipinski definition) is 1. The van der Waals surface area contributed by atoms with Gasteiger partial charge in [0.05, 0.1) is 37.8 Å². The summed E-state index contributed by atoms with van der Waals surface area (Å²) in [6, 6.07) is 12.9. The molecule has 0 radical (unpaired) electrons. The van der Waals surface area contributed by atoms with Gasteiger partial charge in [-0.1, -0.05) is 53.3 Å². The topological polar surface area (TPSA) is 82.0 Å². The van der Waals surface area contributed by atoms with Crippen molar-refractivity contribution < 1.29 is 19.0 Å². The first-order valence-corrected chi connectivity index (χ1v) is 10.2. The summed E-state index contributed by atoms with van der Waals surface area (Å²) in [4.78, 5) is 17.0. The van der Waals surface area contributed by atoms with Crippen molar-refractivity contribution in [3.63, 3.8) is 0 Å². The summed E-state index contributed by atoms with van der Waals surface area (Å²) >= 11 is 7.44. The van der Waals surface area contributed by atoms with Crippen molar-refractivity contribution in [1.82, 2.24) is 4.98 Å². The second-order valence-corrected chi connectivity index (χ2v) is 7.30. The monoisotopic (exact) mass is 445 g/mol. The lowest BCUT2D eigenvalue weighted by Gasteiger charge is -2.11. The van der Waals surface area contributed by atoms with Gasteiger partial charge in [0.25, 0.3) is 0 Å². The molecule has 0 unspecified atom stereocenters. The zero-order valence-electron chi connectivity index (χ0n) is 16.6. The van der Waals surface area contributed by atoms with E-state index in [1.165, 1.54) is 7.11 Å². The van der Waals surface area contributed by atoms with Crippen LogP contribution in [-0.4, -0.2) is 38.0 Å². The number of benzene rings is 2. The average Bonchev–Trinajstić information content (AvgIpc) is 3.19. The lowest BCUT2D eigenvalue weighted by atomic mass is 10.1. The van der Waals surface area contributed by atoms with Crippen LogP contribution in [0.2, 0.25) is 5.02 Å². The fourth-order valence-electron chi connectivity index (χ4n) is 2.65. The molecule has 2 aromatic carbocycles. The lowest BCUT2D eigenvalue weighted by molar-refractivity contribution is 0.0607. The number of rotatable bonds is 8. The number of nitrogens with zero attached hydrogens (tertiary/aromatic N) is 2. The number of halogens is 1. The number of esters is 1. The van der Waals surface area contributed by atoms with Crippen LogP contribution in [0.3, 0.4) is 0 Å². The molecule has 9 heteroatoms. The summed E-state index contributed by atoms with van der Waals surface area (Å²) in [6.45, 7) is 2.34. The third kappa shape index (κ3) is 4.90. The molecule has 3 rings (SSSR count). The zero-order chi connectivity index (χ0) is 21.5. The number of carbonyl (C=O) groups is 1. The molecule has 1 N–H and O–H groups in total. The van der Waals surface area contributed by atoms with Crippen LogP contribution in [0.4, 0.5) is 5.13 Å². The highest BCUT2D eigenvalue weighted by molar-refractivity contribution is 7.17. The number of hydrazone groups is 1. The Kier molecular flexibility index (Phi) is 7.26. The molecule has 0 aliphatic carbocycles. The van der Waals surface area contributed by atoms with Gasteiger partial charge >= 0.3 is 5.97 Å². The van der Waals surface area contributed by atoms with E-state index in [9.17, 15) is 4.79 Å². The zero-order valence-corrected chi connectivity index (χ0v) is 18.2. The second kappa shape index (κ2) is 10.1. The van der Waals surface area contributed by atoms with Gasteiger partial charge in [0.2, 0.25) is 5.13 Å². The minimum absolute atomic E-state index is 0.396. The minimum Gasteiger partial charge on any atom is -0.493 e. The van der Waals surface area contributed by atoms with Crippen molar-refractivity contribution in [2.45, 2.75) is 6.92 Å². The highest BCUT2D eigenvalue weighted by atomic mass is 35.5. The molecular formula is C21H20ClN3O4S. The van der Waals surface area contributed by atoms with E-state index in [1.54, 1.807) is 25.5 Å². The first-order valence-electron chi connectivity index (χ1n) is 9.01. The highest BCUT2D eigenvalue weighted by Gasteiger charge is 2.20. The van der Waals surface area contributed by atoms with E-state index in [2.05, 4.69) is 15.5 Å². The Balaban J connectivity index is 1.84. The Morgan fingerprint density at radius 3 is 2.70 bits per heavy atom. The van der Waals surface area contributed by atoms with Crippen LogP contribution < -0.4 is 14.9 Å². The Morgan fingerprint density at radius 1 is 1.27 bits per heavy atom. The molecule has 1 aromatic heterocycles. The largest absolute Gasteiger partial charge is 0.493 e. The molecule has 7 nitrogen and oxygen atoms in total. The van der Waals surface area contributed by atoms with Crippen LogP contribution in [0, 0.1) is 0 Å². The van der Waals surface area contributed by atoms with Crippen molar-refractivity contribution in [2.24, 2.45) is 5.10 Å². The quantitative estimate of drug-likeness (QED) is 0.295. The fraction of sp³-hybridized carbons (Fsp3) is 0.190. The van der Waals surface area contributed by atoms with E-state index in [-0.39, 0.29) is 0 Å². The van der Waals surface area contributed by atoms with E-state index >= 15 is 0 Å². The molecule has 30 heavy (non-hydrogen) atoms. The van der Waals surface area contributed by atoms with Crippen LogP contribution in [0.25, 0.3) is 11.3 Å². The van der Waals surface area contributed by atoms with Gasteiger partial charge in [-0.05, 0) is 24.6 Å². The molecule has 0 spiro atoms. The lowest BCUT2D eigenvalue weighted by Crippen LogP contribution is -2.00. The number of hydrogen-bond acceptors (Lipinski definition) is 8. The summed E-state index contributed by atoms with van der Waals surface area (Å²) in [6.07, 6.45) is 1.57. The Hall–Kier alpha value is -3.10. The third-order valence-electron chi connectivity index (χ3n) is 3.96. The molecule has 0 saturated heterocycles. The van der Waals surface area contributed by atoms with E-state index in [1.807, 2.05) is 37.3 Å². The van der Waals surface area contributed by atoms with Crippen molar-refractivity contribution >= 4 is 40.3 Å². The molecule has 0 atom stereocenters. The molecule has 0 saturated carbocycles. The van der Waals surface area contributed by atoms with Crippen molar-refractivity contribution in [1.29, 1.82) is 0 Å². The molecule has 0 aliphatic heterocycles. The fourth-order valence-corrected chi connectivity index (χ4v) is 3.78. The molecule has 0 bridgehead atoms. The van der Waals surface area contributed by atoms with Crippen LogP contribution >= 0.6 is 22.9 Å². The van der Waals surface area contributed by atoms with Crippen LogP contribution in [-0.2, 0) is 4.74 Å². The molecular weight excluding hydrogens is 426 g/mol. The predicted octanol–water partition coefficient (Wildman–Crippen LogP) is 5.10. The second-order valence-electron chi connectivity index (χ2n) is 5.89. The summed E-state index contributed by atoms with van der Waals surface area (Å²) in [5, 5.41) is 5.08. The van der Waals surface area contributed by atoms with Crippen LogP contribution in [0.5, 0.6) is 11.5 Å². The molecule has 1 heterocycles. The summed E-state index contributed by atoms with van der Waals surface area (Å²) in [5.74, 6) is 0.549. The first-order chi connectivity index (χ1) is 14.6. The van der Waals surface area contributed by atoms with Crippen LogP contribution in [0.1, 0.15) is 22.2 Å². The number of anilines is 1. The Bertz CT molecular complexity index is 1050. The predicted molar refractivity (Wildman–Crippen MR) is 119 cm³/mol. The van der Waals surface area contributed by atoms with Crippen molar-refractivity contribution in [3.05, 3.63) is 57.9 Å². The van der Waals surface area contributed by atoms with Gasteiger partial charge in [-0.3, -0.25) is 5.43 Å². The number of carbonyl (C=O) groups excluding carboxylic acids is 1. The van der Waals surface area contributed by atoms with Gasteiger partial charge in [0.1, 0.15) is 4.88 Å². The molecule has 3 aromatic rings. The molecule has 0 aliphatic rings. The van der Waals surface area contributed by atoms with Crippen molar-refractivity contribution in [2.75, 3.05) is 26.3 Å². The molecule has 0 amide bonds. The maximum absolute atomic E-state index is 12.2. The highest BCUT2D eigenvalue weighted by Crippen LogP contribution is 2.36. The number of ether oxygens (including phenoxy) is 3. The smallest absolute Gasteiger partial charge is 0.350 e. The number of methoxy groups -OCH3 is 2. The summed E-state index contributed by atoms with van der Waals surface area (Å²) < 4.78 is 15.7. The van der Waals surface area contributed by atoms with Gasteiger partial charge in [0.15, 0.2) is 11.5 Å². The van der Waals surface area contributed by atoms with Gasteiger partial charge < -0.3 is 14.2 Å². The van der Waals surface area contributed by atoms with Gasteiger partial charge in [-0.2, -0.15) is 5.10 Å². The third-order valence-corrected chi connectivity index (χ3v) is 5.18. The Labute approximate surface area is 183 Å². The summed E-state index contributed by atoms with van der Waals surface area (Å²) in [5.41, 5.74) is 4.91. The van der Waals surface area contributed by atoms with Gasteiger partial charge in [-0.25, -0.2) is 9.78 Å². The SMILES string of the molecule is CCOc1c(Cl)cc(/C=N\Nc2nc(-c3ccccc3)c(C(=O)OC)s2)cc1OC. The normalized spacial score (nSPS) is 10.8. The number of thiazole rings is 1. The van der Waals surface area contributed by atoms with Gasteiger partial charge in [-0.15, -0.1) is 0 Å². The van der Waals surface area contributed by atoms with E-state index in [0.29, 0.717) is 44.4 Å². The van der Waals surface area contributed by atoms with Gasteiger partial charge in [0, 0.05) is 5.56 Å². The van der Waals surface area contributed by atoms with Crippen LogP contribution in [0.15, 0.2) is 47.6 Å². The number of aromatic nitrogens is 1. The van der Waals surface area contributed by atoms with E-state index in [0.717, 1.165) is 16.9 Å². The first kappa shape index (κ1) is 21.6. The maximum atomic E-state index is 12.2. The standard InChI is InChI=1S/C21H20ClN3O4S/c1-4-29-18-15(22)10-13(11-16(18)27-2)12-23-25-21-24-17(14-8-6-5-7-9-14)19(30-21)20(26)28-3/h5-12H,4H2,1-3H3,(H,24,25)/b23-12-. The molecule has 0 fully saturated rings. The molecule has 156 valence electrons. The van der Waals surface area contributed by atoms with Crippen molar-refractivity contribution in [3.8, 4) is 22.8 Å². The van der Waals surface area contributed by atoms with E-state index in [4.69, 9.17) is 25.8 Å². The Morgan fingerprint density at radius 2 is 2.03 bits per heavy atom. The summed E-state index contributed by atoms with van der Waals surface area (Å²) in [7, 11) is 2.88. The number of nitrogens with one attached hydrogen (secondary N) is 1. The average molecular weight is 446 g/mol. The van der Waals surface area contributed by atoms with E-state index < -0.39 is 5.97 Å².